The van der Waals surface area contributed by atoms with Crippen molar-refractivity contribution in [3.05, 3.63) is 47.7 Å². The number of phenols is 1. The number of rotatable bonds is 9. The van der Waals surface area contributed by atoms with E-state index < -0.39 is 0 Å². The fourth-order valence-electron chi connectivity index (χ4n) is 2.94. The van der Waals surface area contributed by atoms with Crippen LogP contribution in [0.5, 0.6) is 11.5 Å². The third-order valence-electron chi connectivity index (χ3n) is 4.84. The molecule has 6 heteroatoms. The number of fused-ring (bicyclic) bond motifs is 1. The van der Waals surface area contributed by atoms with Crippen LogP contribution in [-0.4, -0.2) is 41.5 Å². The second kappa shape index (κ2) is 9.08. The molecule has 0 saturated carbocycles. The van der Waals surface area contributed by atoms with E-state index in [4.69, 9.17) is 14.2 Å². The Balaban J connectivity index is 1.76. The molecule has 0 amide bonds. The highest BCUT2D eigenvalue weighted by atomic mass is 16.7. The molecule has 6 nitrogen and oxygen atoms in total. The Morgan fingerprint density at radius 1 is 1.21 bits per heavy atom. The van der Waals surface area contributed by atoms with E-state index in [1.807, 2.05) is 50.4 Å². The summed E-state index contributed by atoms with van der Waals surface area (Å²) in [6.07, 6.45) is 3.79. The number of benzene rings is 2. The van der Waals surface area contributed by atoms with E-state index >= 15 is 0 Å². The van der Waals surface area contributed by atoms with E-state index in [0.717, 1.165) is 40.6 Å². The van der Waals surface area contributed by atoms with Gasteiger partial charge in [-0.15, -0.1) is 0 Å². The van der Waals surface area contributed by atoms with Gasteiger partial charge in [-0.2, -0.15) is 5.10 Å². The Labute approximate surface area is 165 Å². The number of ether oxygens (including phenoxy) is 3. The molecule has 0 fully saturated rings. The number of aryl methyl sites for hydroxylation is 1. The van der Waals surface area contributed by atoms with Crippen LogP contribution in [-0.2, 0) is 15.9 Å². The summed E-state index contributed by atoms with van der Waals surface area (Å²) in [6.45, 7) is 6.86. The van der Waals surface area contributed by atoms with Crippen LogP contribution in [0, 0.1) is 6.92 Å². The van der Waals surface area contributed by atoms with Crippen LogP contribution >= 0.6 is 0 Å². The Morgan fingerprint density at radius 3 is 2.79 bits per heavy atom. The molecule has 1 atom stereocenters. The van der Waals surface area contributed by atoms with Crippen LogP contribution in [0.3, 0.4) is 0 Å². The van der Waals surface area contributed by atoms with Gasteiger partial charge < -0.3 is 19.3 Å². The highest BCUT2D eigenvalue weighted by molar-refractivity contribution is 5.80. The topological polar surface area (TPSA) is 65.7 Å². The SMILES string of the molecule is CCC(C)OCOCCc1cc(C)c(O)c(-n2cc3cc(OC)ccc3n2)c1. The minimum Gasteiger partial charge on any atom is -0.505 e. The van der Waals surface area contributed by atoms with Crippen molar-refractivity contribution in [3.8, 4) is 17.2 Å². The predicted molar refractivity (Wildman–Crippen MR) is 109 cm³/mol. The van der Waals surface area contributed by atoms with Gasteiger partial charge in [0.1, 0.15) is 24.0 Å². The normalized spacial score (nSPS) is 12.4. The lowest BCUT2D eigenvalue weighted by Crippen LogP contribution is -2.11. The molecule has 0 radical (unpaired) electrons. The van der Waals surface area contributed by atoms with Crippen LogP contribution < -0.4 is 4.74 Å². The summed E-state index contributed by atoms with van der Waals surface area (Å²) in [5, 5.41) is 16.1. The van der Waals surface area contributed by atoms with Gasteiger partial charge in [0.15, 0.2) is 0 Å². The summed E-state index contributed by atoms with van der Waals surface area (Å²) in [5.74, 6) is 1.00. The van der Waals surface area contributed by atoms with E-state index in [-0.39, 0.29) is 11.9 Å². The van der Waals surface area contributed by atoms with E-state index in [0.29, 0.717) is 19.1 Å². The maximum absolute atomic E-state index is 10.6. The minimum absolute atomic E-state index is 0.204. The smallest absolute Gasteiger partial charge is 0.147 e. The van der Waals surface area contributed by atoms with Crippen molar-refractivity contribution < 1.29 is 19.3 Å². The maximum atomic E-state index is 10.6. The average Bonchev–Trinajstić information content (AvgIpc) is 3.12. The lowest BCUT2D eigenvalue weighted by atomic mass is 10.1. The van der Waals surface area contributed by atoms with Crippen LogP contribution in [0.4, 0.5) is 0 Å². The molecule has 3 aromatic rings. The summed E-state index contributed by atoms with van der Waals surface area (Å²) >= 11 is 0. The zero-order chi connectivity index (χ0) is 20.1. The predicted octanol–water partition coefficient (Wildman–Crippen LogP) is 4.38. The number of hydrogen-bond acceptors (Lipinski definition) is 5. The summed E-state index contributed by atoms with van der Waals surface area (Å²) in [5.41, 5.74) is 3.38. The van der Waals surface area contributed by atoms with Crippen molar-refractivity contribution in [2.24, 2.45) is 0 Å². The van der Waals surface area contributed by atoms with Gasteiger partial charge in [0.25, 0.3) is 0 Å². The molecule has 1 N–H and O–H groups in total. The number of aromatic hydroxyl groups is 1. The first kappa shape index (κ1) is 20.2. The second-order valence-electron chi connectivity index (χ2n) is 6.94. The number of hydrogen-bond donors (Lipinski definition) is 1. The first-order valence-corrected chi connectivity index (χ1v) is 9.57. The van der Waals surface area contributed by atoms with Crippen LogP contribution in [0.1, 0.15) is 31.4 Å². The quantitative estimate of drug-likeness (QED) is 0.438. The van der Waals surface area contributed by atoms with Gasteiger partial charge in [-0.1, -0.05) is 13.0 Å². The Bertz CT molecular complexity index is 936. The van der Waals surface area contributed by atoms with Crippen LogP contribution in [0.15, 0.2) is 36.5 Å². The van der Waals surface area contributed by atoms with Crippen molar-refractivity contribution in [3.63, 3.8) is 0 Å². The van der Waals surface area contributed by atoms with Gasteiger partial charge in [0, 0.05) is 11.6 Å². The zero-order valence-electron chi connectivity index (χ0n) is 16.9. The van der Waals surface area contributed by atoms with Gasteiger partial charge in [-0.3, -0.25) is 0 Å². The lowest BCUT2D eigenvalue weighted by Gasteiger charge is -2.12. The van der Waals surface area contributed by atoms with Crippen molar-refractivity contribution >= 4 is 10.9 Å². The molecule has 28 heavy (non-hydrogen) atoms. The number of aromatic nitrogens is 2. The average molecular weight is 384 g/mol. The molecule has 0 aliphatic carbocycles. The van der Waals surface area contributed by atoms with Gasteiger partial charge in [-0.05, 0) is 62.1 Å². The summed E-state index contributed by atoms with van der Waals surface area (Å²) < 4.78 is 18.1. The number of methoxy groups -OCH3 is 1. The van der Waals surface area contributed by atoms with Crippen molar-refractivity contribution in [2.75, 3.05) is 20.5 Å². The highest BCUT2D eigenvalue weighted by Gasteiger charge is 2.12. The molecule has 0 aliphatic heterocycles. The largest absolute Gasteiger partial charge is 0.505 e. The Hall–Kier alpha value is -2.57. The lowest BCUT2D eigenvalue weighted by molar-refractivity contribution is -0.0836. The van der Waals surface area contributed by atoms with Crippen LogP contribution in [0.2, 0.25) is 0 Å². The first-order valence-electron chi connectivity index (χ1n) is 9.57. The molecular weight excluding hydrogens is 356 g/mol. The zero-order valence-corrected chi connectivity index (χ0v) is 16.9. The Kier molecular flexibility index (Phi) is 6.54. The van der Waals surface area contributed by atoms with Crippen molar-refractivity contribution in [1.29, 1.82) is 0 Å². The molecule has 1 heterocycles. The molecule has 3 rings (SSSR count). The molecule has 0 bridgehead atoms. The molecule has 1 unspecified atom stereocenters. The third kappa shape index (κ3) is 4.64. The molecule has 150 valence electrons. The summed E-state index contributed by atoms with van der Waals surface area (Å²) in [6, 6.07) is 9.63. The first-order chi connectivity index (χ1) is 13.5. The fourth-order valence-corrected chi connectivity index (χ4v) is 2.94. The van der Waals surface area contributed by atoms with E-state index in [2.05, 4.69) is 12.0 Å². The Morgan fingerprint density at radius 2 is 2.04 bits per heavy atom. The third-order valence-corrected chi connectivity index (χ3v) is 4.84. The van der Waals surface area contributed by atoms with Crippen molar-refractivity contribution in [2.45, 2.75) is 39.7 Å². The monoisotopic (exact) mass is 384 g/mol. The summed E-state index contributed by atoms with van der Waals surface area (Å²) in [7, 11) is 1.64. The van der Waals surface area contributed by atoms with Gasteiger partial charge in [-0.25, -0.2) is 4.68 Å². The summed E-state index contributed by atoms with van der Waals surface area (Å²) in [4.78, 5) is 0. The molecular formula is C22H28N2O4. The molecule has 0 spiro atoms. The van der Waals surface area contributed by atoms with Gasteiger partial charge >= 0.3 is 0 Å². The number of nitrogens with zero attached hydrogens (tertiary/aromatic N) is 2. The van der Waals surface area contributed by atoms with Crippen molar-refractivity contribution in [1.82, 2.24) is 9.78 Å². The fraction of sp³-hybridized carbons (Fsp3) is 0.409. The van der Waals surface area contributed by atoms with Gasteiger partial charge in [0.05, 0.1) is 25.3 Å². The van der Waals surface area contributed by atoms with Crippen LogP contribution in [0.25, 0.3) is 16.6 Å². The standard InChI is InChI=1S/C22H28N2O4/c1-5-16(3)28-14-27-9-8-17-10-15(2)22(25)21(11-17)24-13-18-12-19(26-4)6-7-20(18)23-24/h6-7,10-13,16,25H,5,8-9,14H2,1-4H3. The molecule has 2 aromatic carbocycles. The molecule has 1 aromatic heterocycles. The van der Waals surface area contributed by atoms with E-state index in [1.54, 1.807) is 11.8 Å². The van der Waals surface area contributed by atoms with E-state index in [9.17, 15) is 5.11 Å². The molecule has 0 saturated heterocycles. The van der Waals surface area contributed by atoms with E-state index in [1.165, 1.54) is 0 Å². The maximum Gasteiger partial charge on any atom is 0.147 e. The highest BCUT2D eigenvalue weighted by Crippen LogP contribution is 2.29. The molecule has 0 aliphatic rings. The minimum atomic E-state index is 0.204. The van der Waals surface area contributed by atoms with Gasteiger partial charge in [0.2, 0.25) is 0 Å². The second-order valence-corrected chi connectivity index (χ2v) is 6.94. The number of phenolic OH excluding ortho intramolecular Hbond substituents is 1.